The maximum atomic E-state index is 12.5. The molecule has 0 heterocycles. The second kappa shape index (κ2) is 9.25. The molecule has 0 aliphatic carbocycles. The Morgan fingerprint density at radius 1 is 1.15 bits per heavy atom. The fraction of sp³-hybridized carbons (Fsp3) is 0.250. The molecule has 0 fully saturated rings. The SMILES string of the molecule is COC(=O)Nc1cccc(OC(=O)N(C)C(C#N)C(C)c2ccccc2)c1. The summed E-state index contributed by atoms with van der Waals surface area (Å²) in [5, 5.41) is 12.0. The predicted octanol–water partition coefficient (Wildman–Crippen LogP) is 3.99. The van der Waals surface area contributed by atoms with Crippen molar-refractivity contribution in [2.75, 3.05) is 19.5 Å². The first-order valence-electron chi connectivity index (χ1n) is 8.30. The van der Waals surface area contributed by atoms with Gasteiger partial charge >= 0.3 is 12.2 Å². The number of rotatable bonds is 5. The molecule has 0 aliphatic heterocycles. The van der Waals surface area contributed by atoms with Crippen molar-refractivity contribution in [3.8, 4) is 11.8 Å². The summed E-state index contributed by atoms with van der Waals surface area (Å²) < 4.78 is 9.87. The van der Waals surface area contributed by atoms with Crippen LogP contribution in [0, 0.1) is 11.3 Å². The highest BCUT2D eigenvalue weighted by Crippen LogP contribution is 2.24. The zero-order chi connectivity index (χ0) is 19.8. The number of likely N-dealkylation sites (N-methyl/N-ethyl adjacent to an activating group) is 1. The summed E-state index contributed by atoms with van der Waals surface area (Å²) in [4.78, 5) is 25.0. The molecule has 7 nitrogen and oxygen atoms in total. The Balaban J connectivity index is 2.09. The van der Waals surface area contributed by atoms with E-state index in [2.05, 4.69) is 16.1 Å². The fourth-order valence-electron chi connectivity index (χ4n) is 2.57. The summed E-state index contributed by atoms with van der Waals surface area (Å²) in [6.07, 6.45) is -1.30. The fourth-order valence-corrected chi connectivity index (χ4v) is 2.57. The van der Waals surface area contributed by atoms with Gasteiger partial charge in [0.25, 0.3) is 0 Å². The molecule has 27 heavy (non-hydrogen) atoms. The monoisotopic (exact) mass is 367 g/mol. The van der Waals surface area contributed by atoms with Crippen LogP contribution < -0.4 is 10.1 Å². The Labute approximate surface area is 158 Å². The highest BCUT2D eigenvalue weighted by atomic mass is 16.6. The largest absolute Gasteiger partial charge is 0.453 e. The molecule has 2 aromatic carbocycles. The third kappa shape index (κ3) is 5.22. The lowest BCUT2D eigenvalue weighted by Gasteiger charge is -2.27. The highest BCUT2D eigenvalue weighted by molar-refractivity contribution is 5.85. The predicted molar refractivity (Wildman–Crippen MR) is 101 cm³/mol. The van der Waals surface area contributed by atoms with Crippen LogP contribution in [-0.4, -0.2) is 37.3 Å². The zero-order valence-electron chi connectivity index (χ0n) is 15.4. The van der Waals surface area contributed by atoms with Crippen molar-refractivity contribution in [2.24, 2.45) is 0 Å². The van der Waals surface area contributed by atoms with Crippen LogP contribution in [0.15, 0.2) is 54.6 Å². The summed E-state index contributed by atoms with van der Waals surface area (Å²) >= 11 is 0. The van der Waals surface area contributed by atoms with Crippen LogP contribution in [0.4, 0.5) is 15.3 Å². The Morgan fingerprint density at radius 3 is 2.48 bits per heavy atom. The number of methoxy groups -OCH3 is 1. The molecule has 0 saturated carbocycles. The second-order valence-corrected chi connectivity index (χ2v) is 5.90. The van der Waals surface area contributed by atoms with E-state index in [0.29, 0.717) is 5.69 Å². The van der Waals surface area contributed by atoms with E-state index >= 15 is 0 Å². The summed E-state index contributed by atoms with van der Waals surface area (Å²) in [5.41, 5.74) is 1.37. The van der Waals surface area contributed by atoms with Gasteiger partial charge in [-0.1, -0.05) is 43.3 Å². The first-order chi connectivity index (χ1) is 13.0. The topological polar surface area (TPSA) is 91.7 Å². The van der Waals surface area contributed by atoms with Crippen LogP contribution in [-0.2, 0) is 4.74 Å². The van der Waals surface area contributed by atoms with Crippen LogP contribution in [0.1, 0.15) is 18.4 Å². The van der Waals surface area contributed by atoms with Gasteiger partial charge in [-0.25, -0.2) is 9.59 Å². The van der Waals surface area contributed by atoms with Crippen LogP contribution in [0.2, 0.25) is 0 Å². The normalized spacial score (nSPS) is 12.2. The van der Waals surface area contributed by atoms with Gasteiger partial charge in [0.05, 0.1) is 13.2 Å². The van der Waals surface area contributed by atoms with Crippen molar-refractivity contribution in [3.05, 3.63) is 60.2 Å². The number of nitrogens with one attached hydrogen (secondary N) is 1. The third-order valence-electron chi connectivity index (χ3n) is 4.11. The summed E-state index contributed by atoms with van der Waals surface area (Å²) in [7, 11) is 2.77. The van der Waals surface area contributed by atoms with Crippen LogP contribution >= 0.6 is 0 Å². The number of hydrogen-bond acceptors (Lipinski definition) is 5. The number of amides is 2. The minimum Gasteiger partial charge on any atom is -0.453 e. The van der Waals surface area contributed by atoms with Crippen LogP contribution in [0.3, 0.4) is 0 Å². The number of carbonyl (C=O) groups excluding carboxylic acids is 2. The Morgan fingerprint density at radius 2 is 1.85 bits per heavy atom. The van der Waals surface area contributed by atoms with Gasteiger partial charge in [-0.15, -0.1) is 0 Å². The van der Waals surface area contributed by atoms with E-state index in [9.17, 15) is 14.9 Å². The molecule has 0 spiro atoms. The standard InChI is InChI=1S/C20H21N3O4/c1-14(15-8-5-4-6-9-15)18(13-21)23(2)20(25)27-17-11-7-10-16(12-17)22-19(24)26-3/h4-12,14,18H,1-3H3,(H,22,24). The second-order valence-electron chi connectivity index (χ2n) is 5.90. The molecule has 2 amide bonds. The Bertz CT molecular complexity index is 833. The van der Waals surface area contributed by atoms with Crippen molar-refractivity contribution >= 4 is 17.9 Å². The number of benzene rings is 2. The van der Waals surface area contributed by atoms with Crippen LogP contribution in [0.25, 0.3) is 0 Å². The van der Waals surface area contributed by atoms with Gasteiger partial charge in [0, 0.05) is 24.7 Å². The molecular weight excluding hydrogens is 346 g/mol. The molecule has 140 valence electrons. The minimum atomic E-state index is -0.698. The Hall–Kier alpha value is -3.53. The average molecular weight is 367 g/mol. The van der Waals surface area contributed by atoms with Gasteiger partial charge in [0.1, 0.15) is 11.8 Å². The summed E-state index contributed by atoms with van der Waals surface area (Å²) in [6, 6.07) is 17.3. The molecule has 0 aromatic heterocycles. The number of nitrogens with zero attached hydrogens (tertiary/aromatic N) is 2. The molecule has 2 unspecified atom stereocenters. The zero-order valence-corrected chi connectivity index (χ0v) is 15.4. The maximum Gasteiger partial charge on any atom is 0.416 e. The molecule has 0 aliphatic rings. The first-order valence-corrected chi connectivity index (χ1v) is 8.30. The van der Waals surface area contributed by atoms with Crippen LogP contribution in [0.5, 0.6) is 5.75 Å². The van der Waals surface area contributed by atoms with Crippen molar-refractivity contribution in [1.82, 2.24) is 4.90 Å². The molecule has 2 atom stereocenters. The lowest BCUT2D eigenvalue weighted by Crippen LogP contribution is -2.41. The van der Waals surface area contributed by atoms with E-state index in [1.54, 1.807) is 18.2 Å². The van der Waals surface area contributed by atoms with Gasteiger partial charge in [0.15, 0.2) is 0 Å². The molecule has 2 aromatic rings. The quantitative estimate of drug-likeness (QED) is 0.863. The van der Waals surface area contributed by atoms with E-state index in [0.717, 1.165) is 5.56 Å². The van der Waals surface area contributed by atoms with E-state index in [4.69, 9.17) is 4.74 Å². The molecule has 2 rings (SSSR count). The van der Waals surface area contributed by atoms with Gasteiger partial charge in [-0.3, -0.25) is 10.2 Å². The van der Waals surface area contributed by atoms with E-state index < -0.39 is 18.2 Å². The smallest absolute Gasteiger partial charge is 0.416 e. The average Bonchev–Trinajstić information content (AvgIpc) is 2.69. The molecule has 7 heteroatoms. The molecule has 1 N–H and O–H groups in total. The summed E-state index contributed by atoms with van der Waals surface area (Å²) in [5.74, 6) is 0.0471. The Kier molecular flexibility index (Phi) is 6.78. The first kappa shape index (κ1) is 19.8. The van der Waals surface area contributed by atoms with Crippen molar-refractivity contribution in [1.29, 1.82) is 5.26 Å². The van der Waals surface area contributed by atoms with Gasteiger partial charge in [-0.2, -0.15) is 5.26 Å². The highest BCUT2D eigenvalue weighted by Gasteiger charge is 2.27. The van der Waals surface area contributed by atoms with E-state index in [1.807, 2.05) is 37.3 Å². The minimum absolute atomic E-state index is 0.193. The van der Waals surface area contributed by atoms with E-state index in [-0.39, 0.29) is 11.7 Å². The third-order valence-corrected chi connectivity index (χ3v) is 4.11. The lowest BCUT2D eigenvalue weighted by molar-refractivity contribution is 0.150. The van der Waals surface area contributed by atoms with Gasteiger partial charge in [-0.05, 0) is 17.7 Å². The molecule has 0 saturated heterocycles. The van der Waals surface area contributed by atoms with Crippen molar-refractivity contribution in [3.63, 3.8) is 0 Å². The number of hydrogen-bond donors (Lipinski definition) is 1. The van der Waals surface area contributed by atoms with E-state index in [1.165, 1.54) is 25.1 Å². The number of anilines is 1. The van der Waals surface area contributed by atoms with Gasteiger partial charge in [0.2, 0.25) is 0 Å². The number of nitriles is 1. The lowest BCUT2D eigenvalue weighted by atomic mass is 9.93. The molecule has 0 bridgehead atoms. The summed E-state index contributed by atoms with van der Waals surface area (Å²) in [6.45, 7) is 1.88. The molecular formula is C20H21N3O4. The van der Waals surface area contributed by atoms with Crippen molar-refractivity contribution in [2.45, 2.75) is 18.9 Å². The number of ether oxygens (including phenoxy) is 2. The number of carbonyl (C=O) groups is 2. The van der Waals surface area contributed by atoms with Crippen molar-refractivity contribution < 1.29 is 19.1 Å². The molecule has 0 radical (unpaired) electrons. The van der Waals surface area contributed by atoms with Gasteiger partial charge < -0.3 is 9.47 Å². The maximum absolute atomic E-state index is 12.5.